The van der Waals surface area contributed by atoms with E-state index in [-0.39, 0.29) is 17.8 Å². The highest BCUT2D eigenvalue weighted by Crippen LogP contribution is 2.30. The van der Waals surface area contributed by atoms with Gasteiger partial charge in [-0.05, 0) is 29.8 Å². The lowest BCUT2D eigenvalue weighted by atomic mass is 10.1. The van der Waals surface area contributed by atoms with Crippen molar-refractivity contribution in [2.24, 2.45) is 0 Å². The molecule has 1 aliphatic heterocycles. The molecule has 2 amide bonds. The molecule has 0 spiro atoms. The van der Waals surface area contributed by atoms with Gasteiger partial charge in [-0.1, -0.05) is 48.5 Å². The summed E-state index contributed by atoms with van der Waals surface area (Å²) in [5.74, 6) is -0.136. The maximum absolute atomic E-state index is 13.0. The zero-order valence-electron chi connectivity index (χ0n) is 18.7. The van der Waals surface area contributed by atoms with Gasteiger partial charge in [0.15, 0.2) is 17.2 Å². The van der Waals surface area contributed by atoms with Gasteiger partial charge in [-0.2, -0.15) is 5.10 Å². The van der Waals surface area contributed by atoms with Crippen LogP contribution in [0, 0.1) is 0 Å². The molecule has 0 fully saturated rings. The number of carbonyl (C=O) groups is 2. The summed E-state index contributed by atoms with van der Waals surface area (Å²) in [6.07, 6.45) is 0.750. The fourth-order valence-corrected chi connectivity index (χ4v) is 3.82. The highest BCUT2D eigenvalue weighted by atomic mass is 16.5. The third-order valence-corrected chi connectivity index (χ3v) is 5.56. The second kappa shape index (κ2) is 9.68. The molecule has 0 radical (unpaired) electrons. The Labute approximate surface area is 200 Å². The van der Waals surface area contributed by atoms with Gasteiger partial charge in [-0.15, -0.1) is 0 Å². The Morgan fingerprint density at radius 1 is 0.829 bits per heavy atom. The molecular weight excluding hydrogens is 448 g/mol. The Balaban J connectivity index is 1.38. The third-order valence-electron chi connectivity index (χ3n) is 5.56. The van der Waals surface area contributed by atoms with Crippen LogP contribution in [-0.2, 0) is 6.54 Å². The SMILES string of the molecule is O=C(NNC(=O)c1nn(Cc2ccccc2)c(=O)c2ccccc12)c1ccc2c(c1)OCCCO2. The third kappa shape index (κ3) is 4.70. The van der Waals surface area contributed by atoms with Crippen molar-refractivity contribution in [2.45, 2.75) is 13.0 Å². The Hall–Kier alpha value is -4.66. The van der Waals surface area contributed by atoms with Crippen LogP contribution in [0.5, 0.6) is 11.5 Å². The Morgan fingerprint density at radius 3 is 2.31 bits per heavy atom. The predicted octanol–water partition coefficient (Wildman–Crippen LogP) is 2.68. The number of hydrogen-bond donors (Lipinski definition) is 2. The molecule has 1 aromatic heterocycles. The maximum atomic E-state index is 13.0. The van der Waals surface area contributed by atoms with Crippen molar-refractivity contribution in [3.05, 3.63) is 100.0 Å². The normalized spacial score (nSPS) is 12.6. The molecule has 176 valence electrons. The van der Waals surface area contributed by atoms with Crippen LogP contribution in [0.1, 0.15) is 32.8 Å². The number of rotatable bonds is 4. The van der Waals surface area contributed by atoms with Gasteiger partial charge in [0.05, 0.1) is 25.1 Å². The molecule has 0 atom stereocenters. The van der Waals surface area contributed by atoms with E-state index in [2.05, 4.69) is 16.0 Å². The van der Waals surface area contributed by atoms with E-state index in [0.717, 1.165) is 12.0 Å². The van der Waals surface area contributed by atoms with Crippen molar-refractivity contribution in [1.29, 1.82) is 0 Å². The first-order valence-corrected chi connectivity index (χ1v) is 11.1. The first-order chi connectivity index (χ1) is 17.1. The minimum absolute atomic E-state index is 0.0232. The molecule has 1 aliphatic rings. The van der Waals surface area contributed by atoms with E-state index in [0.29, 0.717) is 41.0 Å². The van der Waals surface area contributed by atoms with Gasteiger partial charge in [0.2, 0.25) is 0 Å². The number of carbonyl (C=O) groups excluding carboxylic acids is 2. The molecule has 0 saturated heterocycles. The molecule has 9 heteroatoms. The number of benzene rings is 3. The van der Waals surface area contributed by atoms with Crippen LogP contribution < -0.4 is 25.9 Å². The van der Waals surface area contributed by atoms with Crippen LogP contribution in [0.3, 0.4) is 0 Å². The van der Waals surface area contributed by atoms with Crippen molar-refractivity contribution in [2.75, 3.05) is 13.2 Å². The number of fused-ring (bicyclic) bond motifs is 2. The zero-order valence-corrected chi connectivity index (χ0v) is 18.7. The van der Waals surface area contributed by atoms with Crippen LogP contribution in [-0.4, -0.2) is 34.8 Å². The first-order valence-electron chi connectivity index (χ1n) is 11.1. The predicted molar refractivity (Wildman–Crippen MR) is 129 cm³/mol. The van der Waals surface area contributed by atoms with Crippen molar-refractivity contribution in [3.63, 3.8) is 0 Å². The summed E-state index contributed by atoms with van der Waals surface area (Å²) in [6, 6.07) is 20.9. The summed E-state index contributed by atoms with van der Waals surface area (Å²) in [4.78, 5) is 38.7. The second-order valence-electron chi connectivity index (χ2n) is 7.96. The molecule has 35 heavy (non-hydrogen) atoms. The minimum Gasteiger partial charge on any atom is -0.490 e. The van der Waals surface area contributed by atoms with E-state index >= 15 is 0 Å². The van der Waals surface area contributed by atoms with E-state index < -0.39 is 11.8 Å². The number of hydrogen-bond acceptors (Lipinski definition) is 6. The Bertz CT molecular complexity index is 1470. The first kappa shape index (κ1) is 22.1. The summed E-state index contributed by atoms with van der Waals surface area (Å²) in [5.41, 5.74) is 5.68. The lowest BCUT2D eigenvalue weighted by Crippen LogP contribution is -2.42. The number of ether oxygens (including phenoxy) is 2. The minimum atomic E-state index is -0.647. The molecule has 2 N–H and O–H groups in total. The average Bonchev–Trinajstić information content (AvgIpc) is 3.14. The molecule has 0 unspecified atom stereocenters. The number of amides is 2. The quantitative estimate of drug-likeness (QED) is 0.444. The second-order valence-corrected chi connectivity index (χ2v) is 7.96. The van der Waals surface area contributed by atoms with E-state index in [1.807, 2.05) is 30.3 Å². The Kier molecular flexibility index (Phi) is 6.13. The smallest absolute Gasteiger partial charge is 0.290 e. The molecule has 0 aliphatic carbocycles. The number of aromatic nitrogens is 2. The highest BCUT2D eigenvalue weighted by Gasteiger charge is 2.19. The highest BCUT2D eigenvalue weighted by molar-refractivity contribution is 6.06. The van der Waals surface area contributed by atoms with Crippen molar-refractivity contribution in [3.8, 4) is 11.5 Å². The van der Waals surface area contributed by atoms with E-state index in [1.54, 1.807) is 42.5 Å². The molecule has 5 rings (SSSR count). The summed E-state index contributed by atoms with van der Waals surface area (Å²) < 4.78 is 12.5. The van der Waals surface area contributed by atoms with E-state index in [1.165, 1.54) is 4.68 Å². The van der Waals surface area contributed by atoms with Crippen LogP contribution in [0.4, 0.5) is 0 Å². The largest absolute Gasteiger partial charge is 0.490 e. The molecule has 2 heterocycles. The van der Waals surface area contributed by atoms with Gasteiger partial charge in [0.1, 0.15) is 0 Å². The van der Waals surface area contributed by atoms with Crippen molar-refractivity contribution >= 4 is 22.6 Å². The molecule has 9 nitrogen and oxygen atoms in total. The number of nitrogens with zero attached hydrogens (tertiary/aromatic N) is 2. The molecular formula is C26H22N4O5. The molecule has 0 saturated carbocycles. The Morgan fingerprint density at radius 2 is 1.51 bits per heavy atom. The van der Waals surface area contributed by atoms with Crippen LogP contribution in [0.15, 0.2) is 77.6 Å². The van der Waals surface area contributed by atoms with Gasteiger partial charge in [0, 0.05) is 17.4 Å². The van der Waals surface area contributed by atoms with Crippen LogP contribution >= 0.6 is 0 Å². The fourth-order valence-electron chi connectivity index (χ4n) is 3.82. The topological polar surface area (TPSA) is 112 Å². The standard InChI is InChI=1S/C26H22N4O5/c31-24(18-11-12-21-22(15-18)35-14-6-13-34-21)27-28-25(32)23-19-9-4-5-10-20(19)26(33)30(29-23)16-17-7-2-1-3-8-17/h1-5,7-12,15H,6,13-14,16H2,(H,27,31)(H,28,32). The zero-order chi connectivity index (χ0) is 24.2. The van der Waals surface area contributed by atoms with Crippen molar-refractivity contribution in [1.82, 2.24) is 20.6 Å². The molecule has 0 bridgehead atoms. The summed E-state index contributed by atoms with van der Waals surface area (Å²) in [6.45, 7) is 1.24. The van der Waals surface area contributed by atoms with Gasteiger partial charge >= 0.3 is 0 Å². The monoisotopic (exact) mass is 470 g/mol. The number of nitrogens with one attached hydrogen (secondary N) is 2. The van der Waals surface area contributed by atoms with E-state index in [9.17, 15) is 14.4 Å². The molecule has 3 aromatic carbocycles. The lowest BCUT2D eigenvalue weighted by molar-refractivity contribution is 0.0843. The van der Waals surface area contributed by atoms with Gasteiger partial charge in [-0.25, -0.2) is 4.68 Å². The van der Waals surface area contributed by atoms with E-state index in [4.69, 9.17) is 9.47 Å². The average molecular weight is 470 g/mol. The molecule has 4 aromatic rings. The summed E-state index contributed by atoms with van der Waals surface area (Å²) >= 11 is 0. The maximum Gasteiger partial charge on any atom is 0.290 e. The van der Waals surface area contributed by atoms with Crippen LogP contribution in [0.2, 0.25) is 0 Å². The van der Waals surface area contributed by atoms with Gasteiger partial charge < -0.3 is 9.47 Å². The van der Waals surface area contributed by atoms with Crippen molar-refractivity contribution < 1.29 is 19.1 Å². The number of hydrazine groups is 1. The lowest BCUT2D eigenvalue weighted by Gasteiger charge is -2.13. The summed E-state index contributed by atoms with van der Waals surface area (Å²) in [7, 11) is 0. The fraction of sp³-hybridized carbons (Fsp3) is 0.154. The van der Waals surface area contributed by atoms with Crippen LogP contribution in [0.25, 0.3) is 10.8 Å². The van der Waals surface area contributed by atoms with Gasteiger partial charge in [0.25, 0.3) is 17.4 Å². The summed E-state index contributed by atoms with van der Waals surface area (Å²) in [5, 5.41) is 5.07. The van der Waals surface area contributed by atoms with Gasteiger partial charge in [-0.3, -0.25) is 25.2 Å².